The maximum atomic E-state index is 11.9. The Morgan fingerprint density at radius 2 is 1.88 bits per heavy atom. The zero-order chi connectivity index (χ0) is 11.8. The van der Waals surface area contributed by atoms with Gasteiger partial charge in [-0.1, -0.05) is 0 Å². The van der Waals surface area contributed by atoms with Gasteiger partial charge in [0, 0.05) is 13.1 Å². The monoisotopic (exact) mass is 225 g/mol. The van der Waals surface area contributed by atoms with Crippen molar-refractivity contribution >= 4 is 6.09 Å². The van der Waals surface area contributed by atoms with Crippen LogP contribution >= 0.6 is 0 Å². The van der Waals surface area contributed by atoms with Crippen LogP contribution in [0, 0.1) is 11.8 Å². The molecule has 1 aliphatic carbocycles. The van der Waals surface area contributed by atoms with Crippen molar-refractivity contribution in [1.82, 2.24) is 4.90 Å². The second-order valence-corrected chi connectivity index (χ2v) is 6.17. The molecule has 1 aliphatic heterocycles. The van der Waals surface area contributed by atoms with Gasteiger partial charge in [-0.15, -0.1) is 0 Å². The van der Waals surface area contributed by atoms with Gasteiger partial charge in [0.2, 0.25) is 0 Å². The summed E-state index contributed by atoms with van der Waals surface area (Å²) in [5.41, 5.74) is -0.371. The molecule has 1 atom stereocenters. The van der Waals surface area contributed by atoms with Crippen LogP contribution in [0.1, 0.15) is 46.5 Å². The highest BCUT2D eigenvalue weighted by Gasteiger charge is 2.36. The van der Waals surface area contributed by atoms with Gasteiger partial charge in [-0.2, -0.15) is 0 Å². The third-order valence-corrected chi connectivity index (χ3v) is 3.40. The molecule has 2 rings (SSSR count). The van der Waals surface area contributed by atoms with Crippen LogP contribution in [0.2, 0.25) is 0 Å². The highest BCUT2D eigenvalue weighted by Crippen LogP contribution is 2.41. The molecular formula is C13H23NO2. The Bertz CT molecular complexity index is 266. The number of carbonyl (C=O) groups is 1. The van der Waals surface area contributed by atoms with Crippen LogP contribution in [-0.4, -0.2) is 29.7 Å². The molecule has 1 amide bonds. The molecule has 0 radical (unpaired) electrons. The van der Waals surface area contributed by atoms with Gasteiger partial charge in [0.1, 0.15) is 5.60 Å². The summed E-state index contributed by atoms with van der Waals surface area (Å²) >= 11 is 0. The second-order valence-electron chi connectivity index (χ2n) is 6.17. The van der Waals surface area contributed by atoms with Crippen molar-refractivity contribution in [2.45, 2.75) is 52.1 Å². The molecule has 16 heavy (non-hydrogen) atoms. The van der Waals surface area contributed by atoms with Gasteiger partial charge in [0.05, 0.1) is 0 Å². The zero-order valence-corrected chi connectivity index (χ0v) is 10.7. The van der Waals surface area contributed by atoms with E-state index in [-0.39, 0.29) is 11.7 Å². The molecule has 1 saturated carbocycles. The summed E-state index contributed by atoms with van der Waals surface area (Å²) < 4.78 is 5.41. The standard InChI is InChI=1S/C13H23NO2/c1-13(2,3)16-12(15)14-8-4-5-11(9-14)10-6-7-10/h10-11H,4-9H2,1-3H3. The van der Waals surface area contributed by atoms with Gasteiger partial charge < -0.3 is 9.64 Å². The van der Waals surface area contributed by atoms with E-state index in [9.17, 15) is 4.79 Å². The summed E-state index contributed by atoms with van der Waals surface area (Å²) in [7, 11) is 0. The average Bonchev–Trinajstić information content (AvgIpc) is 2.98. The molecule has 2 fully saturated rings. The fourth-order valence-electron chi connectivity index (χ4n) is 2.45. The van der Waals surface area contributed by atoms with Crippen molar-refractivity contribution < 1.29 is 9.53 Å². The van der Waals surface area contributed by atoms with Gasteiger partial charge >= 0.3 is 6.09 Å². The minimum absolute atomic E-state index is 0.127. The number of nitrogens with zero attached hydrogens (tertiary/aromatic N) is 1. The molecule has 1 unspecified atom stereocenters. The van der Waals surface area contributed by atoms with Crippen LogP contribution in [0.5, 0.6) is 0 Å². The number of hydrogen-bond acceptors (Lipinski definition) is 2. The molecular weight excluding hydrogens is 202 g/mol. The topological polar surface area (TPSA) is 29.5 Å². The maximum Gasteiger partial charge on any atom is 0.410 e. The van der Waals surface area contributed by atoms with Crippen LogP contribution in [-0.2, 0) is 4.74 Å². The minimum Gasteiger partial charge on any atom is -0.444 e. The molecule has 0 N–H and O–H groups in total. The third-order valence-electron chi connectivity index (χ3n) is 3.40. The highest BCUT2D eigenvalue weighted by molar-refractivity contribution is 5.68. The lowest BCUT2D eigenvalue weighted by atomic mass is 9.94. The third kappa shape index (κ3) is 3.13. The Labute approximate surface area is 98.1 Å². The summed E-state index contributed by atoms with van der Waals surface area (Å²) in [5, 5.41) is 0. The quantitative estimate of drug-likeness (QED) is 0.686. The molecule has 3 nitrogen and oxygen atoms in total. The Morgan fingerprint density at radius 1 is 1.19 bits per heavy atom. The molecule has 3 heteroatoms. The SMILES string of the molecule is CC(C)(C)OC(=O)N1CCCC(C2CC2)C1. The van der Waals surface area contributed by atoms with Gasteiger partial charge in [-0.25, -0.2) is 4.79 Å². The molecule has 0 aromatic carbocycles. The van der Waals surface area contributed by atoms with Crippen LogP contribution in [0.15, 0.2) is 0 Å². The average molecular weight is 225 g/mol. The van der Waals surface area contributed by atoms with Gasteiger partial charge in [0.25, 0.3) is 0 Å². The lowest BCUT2D eigenvalue weighted by Gasteiger charge is -2.34. The van der Waals surface area contributed by atoms with Crippen LogP contribution in [0.25, 0.3) is 0 Å². The van der Waals surface area contributed by atoms with E-state index in [1.54, 1.807) is 0 Å². The Balaban J connectivity index is 1.86. The summed E-state index contributed by atoms with van der Waals surface area (Å²) in [5.74, 6) is 1.63. The highest BCUT2D eigenvalue weighted by atomic mass is 16.6. The molecule has 0 spiro atoms. The first kappa shape index (κ1) is 11.7. The van der Waals surface area contributed by atoms with E-state index in [1.165, 1.54) is 19.3 Å². The van der Waals surface area contributed by atoms with Crippen molar-refractivity contribution in [1.29, 1.82) is 0 Å². The van der Waals surface area contributed by atoms with E-state index < -0.39 is 0 Å². The van der Waals surface area contributed by atoms with Crippen molar-refractivity contribution in [2.24, 2.45) is 11.8 Å². The maximum absolute atomic E-state index is 11.9. The van der Waals surface area contributed by atoms with Crippen LogP contribution in [0.4, 0.5) is 4.79 Å². The molecule has 1 heterocycles. The molecule has 0 bridgehead atoms. The zero-order valence-electron chi connectivity index (χ0n) is 10.7. The normalized spacial score (nSPS) is 26.7. The number of likely N-dealkylation sites (tertiary alicyclic amines) is 1. The van der Waals surface area contributed by atoms with E-state index in [1.807, 2.05) is 25.7 Å². The number of rotatable bonds is 1. The largest absolute Gasteiger partial charge is 0.444 e. The molecule has 2 aliphatic rings. The smallest absolute Gasteiger partial charge is 0.410 e. The minimum atomic E-state index is -0.371. The van der Waals surface area contributed by atoms with E-state index in [0.29, 0.717) is 0 Å². The number of carbonyl (C=O) groups excluding carboxylic acids is 1. The summed E-state index contributed by atoms with van der Waals surface area (Å²) in [6, 6.07) is 0. The first-order chi connectivity index (χ1) is 7.46. The second kappa shape index (κ2) is 4.27. The van der Waals surface area contributed by atoms with E-state index in [2.05, 4.69) is 0 Å². The predicted octanol–water partition coefficient (Wildman–Crippen LogP) is 3.04. The predicted molar refractivity (Wildman–Crippen MR) is 63.3 cm³/mol. The molecule has 92 valence electrons. The molecule has 0 aromatic heterocycles. The van der Waals surface area contributed by atoms with E-state index in [0.717, 1.165) is 31.3 Å². The van der Waals surface area contributed by atoms with Crippen LogP contribution in [0.3, 0.4) is 0 Å². The van der Waals surface area contributed by atoms with Crippen molar-refractivity contribution in [2.75, 3.05) is 13.1 Å². The lowest BCUT2D eigenvalue weighted by molar-refractivity contribution is 0.0154. The van der Waals surface area contributed by atoms with Gasteiger partial charge in [-0.05, 0) is 58.3 Å². The van der Waals surface area contributed by atoms with Crippen molar-refractivity contribution in [3.63, 3.8) is 0 Å². The van der Waals surface area contributed by atoms with Gasteiger partial charge in [-0.3, -0.25) is 0 Å². The molecule has 1 saturated heterocycles. The van der Waals surface area contributed by atoms with Crippen molar-refractivity contribution in [3.8, 4) is 0 Å². The van der Waals surface area contributed by atoms with Crippen LogP contribution < -0.4 is 0 Å². The number of amides is 1. The lowest BCUT2D eigenvalue weighted by Crippen LogP contribution is -2.43. The fourth-order valence-corrected chi connectivity index (χ4v) is 2.45. The fraction of sp³-hybridized carbons (Fsp3) is 0.923. The number of piperidine rings is 1. The first-order valence-corrected chi connectivity index (χ1v) is 6.43. The molecule has 0 aromatic rings. The van der Waals surface area contributed by atoms with Gasteiger partial charge in [0.15, 0.2) is 0 Å². The number of hydrogen-bond donors (Lipinski definition) is 0. The van der Waals surface area contributed by atoms with E-state index in [4.69, 9.17) is 4.74 Å². The Morgan fingerprint density at radius 3 is 2.44 bits per heavy atom. The summed E-state index contributed by atoms with van der Waals surface area (Å²) in [6.07, 6.45) is 5.04. The Hall–Kier alpha value is -0.730. The number of ether oxygens (including phenoxy) is 1. The summed E-state index contributed by atoms with van der Waals surface area (Å²) in [4.78, 5) is 13.8. The summed E-state index contributed by atoms with van der Waals surface area (Å²) in [6.45, 7) is 7.56. The first-order valence-electron chi connectivity index (χ1n) is 6.43. The van der Waals surface area contributed by atoms with Crippen molar-refractivity contribution in [3.05, 3.63) is 0 Å². The Kier molecular flexibility index (Phi) is 3.13. The van der Waals surface area contributed by atoms with E-state index >= 15 is 0 Å².